The highest BCUT2D eigenvalue weighted by atomic mass is 16.1. The Morgan fingerprint density at radius 3 is 2.08 bits per heavy atom. The Balaban J connectivity index is 2.25. The zero-order valence-corrected chi connectivity index (χ0v) is 8.72. The van der Waals surface area contributed by atoms with Crippen molar-refractivity contribution >= 4 is 11.6 Å². The third-order valence-electron chi connectivity index (χ3n) is 2.47. The minimum absolute atomic E-state index is 0.196. The maximum atomic E-state index is 11.5. The molecule has 0 aliphatic heterocycles. The lowest BCUT2D eigenvalue weighted by Gasteiger charge is -2.15. The molecule has 0 saturated heterocycles. The van der Waals surface area contributed by atoms with E-state index in [0.717, 1.165) is 12.8 Å². The molecular formula is C11H18O2. The van der Waals surface area contributed by atoms with E-state index in [9.17, 15) is 9.59 Å². The van der Waals surface area contributed by atoms with Gasteiger partial charge in [-0.3, -0.25) is 9.59 Å². The topological polar surface area (TPSA) is 34.1 Å². The summed E-state index contributed by atoms with van der Waals surface area (Å²) in [4.78, 5) is 22.7. The molecule has 2 heteroatoms. The highest BCUT2D eigenvalue weighted by Crippen LogP contribution is 2.31. The van der Waals surface area contributed by atoms with Gasteiger partial charge in [-0.1, -0.05) is 20.8 Å². The molecule has 0 aromatic rings. The van der Waals surface area contributed by atoms with Crippen molar-refractivity contribution < 1.29 is 9.59 Å². The fraction of sp³-hybridized carbons (Fsp3) is 0.818. The van der Waals surface area contributed by atoms with Crippen LogP contribution >= 0.6 is 0 Å². The molecule has 1 fully saturated rings. The lowest BCUT2D eigenvalue weighted by Crippen LogP contribution is -2.21. The predicted octanol–water partition coefficient (Wildman–Crippen LogP) is 2.36. The van der Waals surface area contributed by atoms with Crippen molar-refractivity contribution in [2.24, 2.45) is 11.3 Å². The van der Waals surface area contributed by atoms with Crippen molar-refractivity contribution in [1.29, 1.82) is 0 Å². The van der Waals surface area contributed by atoms with E-state index in [-0.39, 0.29) is 17.0 Å². The Hall–Kier alpha value is -0.660. The van der Waals surface area contributed by atoms with E-state index >= 15 is 0 Å². The molecule has 0 bridgehead atoms. The predicted molar refractivity (Wildman–Crippen MR) is 51.4 cm³/mol. The normalized spacial score (nSPS) is 17.2. The van der Waals surface area contributed by atoms with Crippen LogP contribution in [0.5, 0.6) is 0 Å². The van der Waals surface area contributed by atoms with Crippen molar-refractivity contribution in [1.82, 2.24) is 0 Å². The van der Waals surface area contributed by atoms with E-state index in [1.807, 2.05) is 20.8 Å². The van der Waals surface area contributed by atoms with Crippen molar-refractivity contribution in [3.05, 3.63) is 0 Å². The molecule has 0 unspecified atom stereocenters. The van der Waals surface area contributed by atoms with Crippen molar-refractivity contribution in [3.63, 3.8) is 0 Å². The van der Waals surface area contributed by atoms with Crippen LogP contribution in [0.4, 0.5) is 0 Å². The van der Waals surface area contributed by atoms with E-state index in [4.69, 9.17) is 0 Å². The quantitative estimate of drug-likeness (QED) is 0.668. The second-order valence-corrected chi connectivity index (χ2v) is 4.91. The molecule has 2 nitrogen and oxygen atoms in total. The van der Waals surface area contributed by atoms with Crippen LogP contribution in [0.25, 0.3) is 0 Å². The number of rotatable bonds is 4. The summed E-state index contributed by atoms with van der Waals surface area (Å²) in [6, 6.07) is 0. The largest absolute Gasteiger partial charge is 0.299 e. The second-order valence-electron chi connectivity index (χ2n) is 4.91. The maximum absolute atomic E-state index is 11.5. The van der Waals surface area contributed by atoms with E-state index in [0.29, 0.717) is 18.8 Å². The van der Waals surface area contributed by atoms with Gasteiger partial charge in [-0.15, -0.1) is 0 Å². The van der Waals surface area contributed by atoms with Gasteiger partial charge < -0.3 is 0 Å². The van der Waals surface area contributed by atoms with Crippen LogP contribution < -0.4 is 0 Å². The van der Waals surface area contributed by atoms with Crippen LogP contribution in [0.3, 0.4) is 0 Å². The average molecular weight is 182 g/mol. The molecule has 0 aromatic heterocycles. The van der Waals surface area contributed by atoms with Crippen LogP contribution in [0.15, 0.2) is 0 Å². The van der Waals surface area contributed by atoms with Gasteiger partial charge in [0, 0.05) is 24.2 Å². The first-order chi connectivity index (χ1) is 5.91. The number of carbonyl (C=O) groups excluding carboxylic acids is 2. The van der Waals surface area contributed by atoms with Crippen molar-refractivity contribution in [2.75, 3.05) is 0 Å². The van der Waals surface area contributed by atoms with Crippen molar-refractivity contribution in [2.45, 2.75) is 46.5 Å². The monoisotopic (exact) mass is 182 g/mol. The molecule has 0 N–H and O–H groups in total. The van der Waals surface area contributed by atoms with Gasteiger partial charge >= 0.3 is 0 Å². The first kappa shape index (κ1) is 10.4. The van der Waals surface area contributed by atoms with Gasteiger partial charge in [0.1, 0.15) is 11.6 Å². The number of ketones is 2. The van der Waals surface area contributed by atoms with E-state index < -0.39 is 0 Å². The molecule has 0 radical (unpaired) electrons. The zero-order valence-electron chi connectivity index (χ0n) is 8.72. The Morgan fingerprint density at radius 2 is 1.69 bits per heavy atom. The fourth-order valence-electron chi connectivity index (χ4n) is 1.22. The minimum atomic E-state index is -0.288. The van der Waals surface area contributed by atoms with Gasteiger partial charge in [-0.2, -0.15) is 0 Å². The standard InChI is InChI=1S/C11H18O2/c1-11(2,3)10(13)7-6-9(12)8-4-5-8/h8H,4-7H2,1-3H3. The molecule has 74 valence electrons. The third-order valence-corrected chi connectivity index (χ3v) is 2.47. The number of hydrogen-bond donors (Lipinski definition) is 0. The molecule has 1 aliphatic rings. The molecule has 0 aromatic carbocycles. The summed E-state index contributed by atoms with van der Waals surface area (Å²) < 4.78 is 0. The summed E-state index contributed by atoms with van der Waals surface area (Å²) in [5.41, 5.74) is -0.288. The molecule has 0 amide bonds. The minimum Gasteiger partial charge on any atom is -0.299 e. The highest BCUT2D eigenvalue weighted by Gasteiger charge is 2.30. The number of hydrogen-bond acceptors (Lipinski definition) is 2. The lowest BCUT2D eigenvalue weighted by molar-refractivity contribution is -0.129. The summed E-state index contributed by atoms with van der Waals surface area (Å²) >= 11 is 0. The first-order valence-electron chi connectivity index (χ1n) is 4.97. The molecule has 0 atom stereocenters. The van der Waals surface area contributed by atoms with Crippen LogP contribution in [0.2, 0.25) is 0 Å². The number of Topliss-reactive ketones (excluding diaryl/α,β-unsaturated/α-hetero) is 2. The summed E-state index contributed by atoms with van der Waals surface area (Å²) in [5.74, 6) is 0.784. The van der Waals surface area contributed by atoms with Crippen LogP contribution in [0.1, 0.15) is 46.5 Å². The van der Waals surface area contributed by atoms with E-state index in [1.165, 1.54) is 0 Å². The number of carbonyl (C=O) groups is 2. The Labute approximate surface area is 79.7 Å². The molecular weight excluding hydrogens is 164 g/mol. The average Bonchev–Trinajstić information content (AvgIpc) is 2.79. The smallest absolute Gasteiger partial charge is 0.138 e. The first-order valence-corrected chi connectivity index (χ1v) is 4.97. The SMILES string of the molecule is CC(C)(C)C(=O)CCC(=O)C1CC1. The van der Waals surface area contributed by atoms with Gasteiger partial charge in [0.05, 0.1) is 0 Å². The van der Waals surface area contributed by atoms with Crippen molar-refractivity contribution in [3.8, 4) is 0 Å². The summed E-state index contributed by atoms with van der Waals surface area (Å²) in [6.45, 7) is 5.70. The Bertz CT molecular complexity index is 219. The maximum Gasteiger partial charge on any atom is 0.138 e. The van der Waals surface area contributed by atoms with Gasteiger partial charge in [0.2, 0.25) is 0 Å². The fourth-order valence-corrected chi connectivity index (χ4v) is 1.22. The molecule has 0 heterocycles. The molecule has 0 spiro atoms. The summed E-state index contributed by atoms with van der Waals surface area (Å²) in [7, 11) is 0. The van der Waals surface area contributed by atoms with E-state index in [1.54, 1.807) is 0 Å². The Morgan fingerprint density at radius 1 is 1.15 bits per heavy atom. The lowest BCUT2D eigenvalue weighted by atomic mass is 9.87. The molecule has 1 aliphatic carbocycles. The molecule has 1 saturated carbocycles. The van der Waals surface area contributed by atoms with Gasteiger partial charge in [0.25, 0.3) is 0 Å². The zero-order chi connectivity index (χ0) is 10.1. The second kappa shape index (κ2) is 3.60. The Kier molecular flexibility index (Phi) is 2.89. The van der Waals surface area contributed by atoms with Crippen LogP contribution in [-0.2, 0) is 9.59 Å². The summed E-state index contributed by atoms with van der Waals surface area (Å²) in [5, 5.41) is 0. The van der Waals surface area contributed by atoms with E-state index in [2.05, 4.69) is 0 Å². The van der Waals surface area contributed by atoms with Gasteiger partial charge in [-0.05, 0) is 12.8 Å². The van der Waals surface area contributed by atoms with Gasteiger partial charge in [-0.25, -0.2) is 0 Å². The highest BCUT2D eigenvalue weighted by molar-refractivity contribution is 5.90. The summed E-state index contributed by atoms with van der Waals surface area (Å²) in [6.07, 6.45) is 2.98. The van der Waals surface area contributed by atoms with Crippen LogP contribution in [0, 0.1) is 11.3 Å². The van der Waals surface area contributed by atoms with Gasteiger partial charge in [0.15, 0.2) is 0 Å². The molecule has 13 heavy (non-hydrogen) atoms. The molecule has 1 rings (SSSR count). The third kappa shape index (κ3) is 3.29. The van der Waals surface area contributed by atoms with Crippen LogP contribution in [-0.4, -0.2) is 11.6 Å².